The first-order chi connectivity index (χ1) is 17.9. The van der Waals surface area contributed by atoms with Crippen LogP contribution in [0.5, 0.6) is 0 Å². The fourth-order valence-electron chi connectivity index (χ4n) is 5.63. The fraction of sp³-hybridized carbons (Fsp3) is 0.828. The van der Waals surface area contributed by atoms with Gasteiger partial charge < -0.3 is 25.6 Å². The minimum Gasteiger partial charge on any atom is -0.444 e. The first-order valence-corrected chi connectivity index (χ1v) is 14.3. The van der Waals surface area contributed by atoms with Gasteiger partial charge in [-0.3, -0.25) is 19.2 Å². The van der Waals surface area contributed by atoms with E-state index < -0.39 is 52.8 Å². The Balaban J connectivity index is 1.81. The molecule has 39 heavy (non-hydrogen) atoms. The SMILES string of the molecule is CCCCC(NC(=O)C1C2C(CN1C(=O)C(NC(=O)OC(C)(C)C)C(C)(C)C)C2(C)C)C(=O)C(=O)NC1CC1. The molecule has 3 rings (SSSR count). The standard InChI is InChI=1S/C29H48N4O6/c1-10-11-12-18(21(34)24(36)30-16-13-14-16)31-23(35)20-19-17(29(19,8)9)15-33(20)25(37)22(27(2,3)4)32-26(38)39-28(5,6)7/h16-20,22H,10-15H2,1-9H3,(H,30,36)(H,31,35)(H,32,38). The van der Waals surface area contributed by atoms with Gasteiger partial charge in [0.05, 0.1) is 6.04 Å². The summed E-state index contributed by atoms with van der Waals surface area (Å²) in [4.78, 5) is 67.5. The second-order valence-electron chi connectivity index (χ2n) is 14.1. The summed E-state index contributed by atoms with van der Waals surface area (Å²) in [5.41, 5.74) is -1.53. The number of fused-ring (bicyclic) bond motifs is 1. The summed E-state index contributed by atoms with van der Waals surface area (Å²) in [5, 5.41) is 8.30. The lowest BCUT2D eigenvalue weighted by Crippen LogP contribution is -2.60. The Morgan fingerprint density at radius 3 is 2.13 bits per heavy atom. The van der Waals surface area contributed by atoms with Crippen LogP contribution >= 0.6 is 0 Å². The van der Waals surface area contributed by atoms with Gasteiger partial charge in [0.2, 0.25) is 17.6 Å². The normalized spacial score (nSPS) is 25.2. The lowest BCUT2D eigenvalue weighted by molar-refractivity contribution is -0.145. The van der Waals surface area contributed by atoms with E-state index in [1.807, 2.05) is 27.7 Å². The number of carbonyl (C=O) groups is 5. The number of ketones is 1. The molecule has 0 radical (unpaired) electrons. The largest absolute Gasteiger partial charge is 0.444 e. The van der Waals surface area contributed by atoms with Crippen LogP contribution in [0.15, 0.2) is 0 Å². The van der Waals surface area contributed by atoms with Crippen LogP contribution < -0.4 is 16.0 Å². The molecule has 1 aliphatic heterocycles. The smallest absolute Gasteiger partial charge is 0.408 e. The molecule has 3 fully saturated rings. The molecule has 3 N–H and O–H groups in total. The van der Waals surface area contributed by atoms with Gasteiger partial charge in [-0.05, 0) is 62.7 Å². The number of likely N-dealkylation sites (tertiary alicyclic amines) is 1. The van der Waals surface area contributed by atoms with Crippen molar-refractivity contribution in [1.29, 1.82) is 0 Å². The van der Waals surface area contributed by atoms with Gasteiger partial charge in [-0.15, -0.1) is 0 Å². The van der Waals surface area contributed by atoms with Gasteiger partial charge in [0, 0.05) is 12.6 Å². The van der Waals surface area contributed by atoms with Crippen LogP contribution in [-0.2, 0) is 23.9 Å². The Bertz CT molecular complexity index is 991. The van der Waals surface area contributed by atoms with Crippen LogP contribution in [0.3, 0.4) is 0 Å². The molecular weight excluding hydrogens is 500 g/mol. The maximum absolute atomic E-state index is 14.0. The number of nitrogens with one attached hydrogen (secondary N) is 3. The first-order valence-electron chi connectivity index (χ1n) is 14.3. The monoisotopic (exact) mass is 548 g/mol. The van der Waals surface area contributed by atoms with Gasteiger partial charge >= 0.3 is 6.09 Å². The average Bonchev–Trinajstić information content (AvgIpc) is 3.64. The molecule has 5 unspecified atom stereocenters. The van der Waals surface area contributed by atoms with E-state index in [9.17, 15) is 24.0 Å². The van der Waals surface area contributed by atoms with Crippen LogP contribution in [-0.4, -0.2) is 70.8 Å². The number of ether oxygens (including phenoxy) is 1. The predicted octanol–water partition coefficient (Wildman–Crippen LogP) is 2.93. The van der Waals surface area contributed by atoms with E-state index in [2.05, 4.69) is 29.8 Å². The zero-order valence-corrected chi connectivity index (χ0v) is 25.1. The van der Waals surface area contributed by atoms with E-state index in [4.69, 9.17) is 4.74 Å². The number of alkyl carbamates (subject to hydrolysis) is 1. The van der Waals surface area contributed by atoms with E-state index in [-0.39, 0.29) is 29.2 Å². The molecule has 1 saturated heterocycles. The minimum atomic E-state index is -0.952. The quantitative estimate of drug-likeness (QED) is 0.360. The number of Topliss-reactive ketones (excluding diaryl/α,β-unsaturated/α-hetero) is 1. The molecule has 10 heteroatoms. The summed E-state index contributed by atoms with van der Waals surface area (Å²) in [5.74, 6) is -2.06. The van der Waals surface area contributed by atoms with E-state index in [0.29, 0.717) is 19.4 Å². The molecule has 10 nitrogen and oxygen atoms in total. The molecule has 0 aromatic rings. The summed E-state index contributed by atoms with van der Waals surface area (Å²) in [6.45, 7) is 17.3. The minimum absolute atomic E-state index is 0.0340. The van der Waals surface area contributed by atoms with Gasteiger partial charge in [0.1, 0.15) is 17.7 Å². The highest BCUT2D eigenvalue weighted by atomic mass is 16.6. The third kappa shape index (κ3) is 7.31. The number of hydrogen-bond donors (Lipinski definition) is 3. The Morgan fingerprint density at radius 2 is 1.62 bits per heavy atom. The molecule has 4 amide bonds. The summed E-state index contributed by atoms with van der Waals surface area (Å²) >= 11 is 0. The van der Waals surface area contributed by atoms with Crippen molar-refractivity contribution < 1.29 is 28.7 Å². The van der Waals surface area contributed by atoms with E-state index in [1.165, 1.54) is 0 Å². The molecule has 1 heterocycles. The molecule has 3 aliphatic rings. The van der Waals surface area contributed by atoms with Crippen molar-refractivity contribution >= 4 is 29.6 Å². The maximum atomic E-state index is 14.0. The molecule has 0 aromatic heterocycles. The number of nitrogens with zero attached hydrogens (tertiary/aromatic N) is 1. The number of rotatable bonds is 10. The molecule has 2 saturated carbocycles. The number of piperidine rings is 1. The van der Waals surface area contributed by atoms with Gasteiger partial charge in [0.25, 0.3) is 5.91 Å². The van der Waals surface area contributed by atoms with E-state index in [1.54, 1.807) is 25.7 Å². The number of carbonyl (C=O) groups excluding carboxylic acids is 5. The third-order valence-corrected chi connectivity index (χ3v) is 8.15. The molecule has 5 atom stereocenters. The molecule has 220 valence electrons. The number of hydrogen-bond acceptors (Lipinski definition) is 6. The summed E-state index contributed by atoms with van der Waals surface area (Å²) in [7, 11) is 0. The number of amides is 4. The van der Waals surface area contributed by atoms with Crippen LogP contribution in [0.25, 0.3) is 0 Å². The molecule has 2 aliphatic carbocycles. The molecular formula is C29H48N4O6. The molecule has 0 bridgehead atoms. The predicted molar refractivity (Wildman–Crippen MR) is 147 cm³/mol. The van der Waals surface area contributed by atoms with Crippen molar-refractivity contribution in [2.75, 3.05) is 6.54 Å². The zero-order chi connectivity index (χ0) is 29.5. The Hall–Kier alpha value is -2.65. The Labute approximate surface area is 232 Å². The van der Waals surface area contributed by atoms with Crippen molar-refractivity contribution in [2.45, 2.75) is 124 Å². The first kappa shape index (κ1) is 30.9. The second-order valence-corrected chi connectivity index (χ2v) is 14.1. The lowest BCUT2D eigenvalue weighted by Gasteiger charge is -2.38. The molecule has 0 aromatic carbocycles. The summed E-state index contributed by atoms with van der Waals surface area (Å²) in [6, 6.07) is -2.64. The van der Waals surface area contributed by atoms with Gasteiger partial charge in [-0.25, -0.2) is 4.79 Å². The topological polar surface area (TPSA) is 134 Å². The van der Waals surface area contributed by atoms with Crippen molar-refractivity contribution in [3.8, 4) is 0 Å². The van der Waals surface area contributed by atoms with Gasteiger partial charge in [-0.2, -0.15) is 0 Å². The van der Waals surface area contributed by atoms with Crippen molar-refractivity contribution in [2.24, 2.45) is 22.7 Å². The molecule has 0 spiro atoms. The zero-order valence-electron chi connectivity index (χ0n) is 25.1. The van der Waals surface area contributed by atoms with Crippen molar-refractivity contribution in [1.82, 2.24) is 20.9 Å². The van der Waals surface area contributed by atoms with Gasteiger partial charge in [-0.1, -0.05) is 54.4 Å². The highest BCUT2D eigenvalue weighted by Crippen LogP contribution is 2.65. The van der Waals surface area contributed by atoms with Crippen LogP contribution in [0, 0.1) is 22.7 Å². The maximum Gasteiger partial charge on any atom is 0.408 e. The summed E-state index contributed by atoms with van der Waals surface area (Å²) in [6.07, 6.45) is 2.84. The number of unbranched alkanes of at least 4 members (excludes halogenated alkanes) is 1. The average molecular weight is 549 g/mol. The van der Waals surface area contributed by atoms with Crippen LogP contribution in [0.2, 0.25) is 0 Å². The van der Waals surface area contributed by atoms with Gasteiger partial charge in [0.15, 0.2) is 0 Å². The summed E-state index contributed by atoms with van der Waals surface area (Å²) < 4.78 is 5.41. The lowest BCUT2D eigenvalue weighted by atomic mass is 9.85. The second kappa shape index (κ2) is 11.1. The highest BCUT2D eigenvalue weighted by Gasteiger charge is 2.70. The van der Waals surface area contributed by atoms with Crippen LogP contribution in [0.4, 0.5) is 4.79 Å². The Kier molecular flexibility index (Phi) is 8.78. The van der Waals surface area contributed by atoms with E-state index in [0.717, 1.165) is 19.3 Å². The van der Waals surface area contributed by atoms with Crippen molar-refractivity contribution in [3.05, 3.63) is 0 Å². The van der Waals surface area contributed by atoms with E-state index >= 15 is 0 Å². The third-order valence-electron chi connectivity index (χ3n) is 8.15. The highest BCUT2D eigenvalue weighted by molar-refractivity contribution is 6.38. The Morgan fingerprint density at radius 1 is 1.00 bits per heavy atom. The van der Waals surface area contributed by atoms with Crippen LogP contribution in [0.1, 0.15) is 94.4 Å². The van der Waals surface area contributed by atoms with Crippen molar-refractivity contribution in [3.63, 3.8) is 0 Å². The fourth-order valence-corrected chi connectivity index (χ4v) is 5.63.